The molecule has 0 bridgehead atoms. The highest BCUT2D eigenvalue weighted by molar-refractivity contribution is 7.99. The summed E-state index contributed by atoms with van der Waals surface area (Å²) in [7, 11) is 0. The molecule has 0 saturated carbocycles. The quantitative estimate of drug-likeness (QED) is 0.822. The van der Waals surface area contributed by atoms with Crippen LogP contribution in [0.3, 0.4) is 0 Å². The molecule has 0 amide bonds. The first-order valence-electron chi connectivity index (χ1n) is 4.74. The molecule has 2 rings (SSSR count). The van der Waals surface area contributed by atoms with Gasteiger partial charge in [-0.3, -0.25) is 0 Å². The minimum atomic E-state index is -0.548. The van der Waals surface area contributed by atoms with E-state index in [9.17, 15) is 8.78 Å². The van der Waals surface area contributed by atoms with Gasteiger partial charge in [0.25, 0.3) is 0 Å². The van der Waals surface area contributed by atoms with Gasteiger partial charge in [0.15, 0.2) is 0 Å². The molecular weight excluding hydrogens is 264 g/mol. The molecule has 0 fully saturated rings. The van der Waals surface area contributed by atoms with Crippen LogP contribution in [-0.4, -0.2) is 0 Å². The van der Waals surface area contributed by atoms with Crippen molar-refractivity contribution in [1.82, 2.24) is 0 Å². The molecule has 5 heteroatoms. The molecule has 0 saturated heterocycles. The Labute approximate surface area is 107 Å². The number of nitrogens with two attached hydrogens (primary N) is 1. The largest absolute Gasteiger partial charge is 0.398 e. The number of rotatable bonds is 2. The third kappa shape index (κ3) is 2.90. The van der Waals surface area contributed by atoms with E-state index in [-0.39, 0.29) is 10.8 Å². The van der Waals surface area contributed by atoms with Gasteiger partial charge in [0, 0.05) is 15.5 Å². The van der Waals surface area contributed by atoms with E-state index in [2.05, 4.69) is 0 Å². The molecule has 2 N–H and O–H groups in total. The lowest BCUT2D eigenvalue weighted by Crippen LogP contribution is -1.91. The van der Waals surface area contributed by atoms with E-state index in [1.54, 1.807) is 12.1 Å². The summed E-state index contributed by atoms with van der Waals surface area (Å²) in [5, 5.41) is 0.0174. The number of hydrogen-bond acceptors (Lipinski definition) is 2. The summed E-state index contributed by atoms with van der Waals surface area (Å²) in [4.78, 5) is 1.45. The lowest BCUT2D eigenvalue weighted by Gasteiger charge is -2.06. The van der Waals surface area contributed by atoms with Crippen LogP contribution in [0, 0.1) is 11.6 Å². The molecule has 0 atom stereocenters. The zero-order valence-corrected chi connectivity index (χ0v) is 10.2. The molecule has 0 aliphatic rings. The van der Waals surface area contributed by atoms with Crippen LogP contribution in [0.4, 0.5) is 14.5 Å². The van der Waals surface area contributed by atoms with E-state index in [1.807, 2.05) is 0 Å². The van der Waals surface area contributed by atoms with Crippen molar-refractivity contribution in [2.75, 3.05) is 5.73 Å². The van der Waals surface area contributed by atoms with Gasteiger partial charge < -0.3 is 5.73 Å². The third-order valence-corrected chi connectivity index (χ3v) is 3.47. The molecule has 0 heterocycles. The lowest BCUT2D eigenvalue weighted by atomic mass is 10.3. The van der Waals surface area contributed by atoms with E-state index in [0.29, 0.717) is 10.6 Å². The average molecular weight is 272 g/mol. The fourth-order valence-electron chi connectivity index (χ4n) is 1.26. The van der Waals surface area contributed by atoms with E-state index >= 15 is 0 Å². The summed E-state index contributed by atoms with van der Waals surface area (Å²) in [5.41, 5.74) is 5.98. The van der Waals surface area contributed by atoms with Crippen molar-refractivity contribution < 1.29 is 8.78 Å². The van der Waals surface area contributed by atoms with Crippen LogP contribution in [0.1, 0.15) is 0 Å². The predicted molar refractivity (Wildman–Crippen MR) is 66.3 cm³/mol. The van der Waals surface area contributed by atoms with Crippen LogP contribution in [0.25, 0.3) is 0 Å². The lowest BCUT2D eigenvalue weighted by molar-refractivity contribution is 0.626. The van der Waals surface area contributed by atoms with Crippen LogP contribution in [-0.2, 0) is 0 Å². The van der Waals surface area contributed by atoms with Crippen molar-refractivity contribution in [3.63, 3.8) is 0 Å². The summed E-state index contributed by atoms with van der Waals surface area (Å²) >= 11 is 6.98. The van der Waals surface area contributed by atoms with E-state index in [0.717, 1.165) is 4.90 Å². The average Bonchev–Trinajstić information content (AvgIpc) is 2.29. The monoisotopic (exact) mass is 271 g/mol. The van der Waals surface area contributed by atoms with Gasteiger partial charge in [-0.2, -0.15) is 0 Å². The minimum absolute atomic E-state index is 0.0174. The summed E-state index contributed by atoms with van der Waals surface area (Å²) in [6.45, 7) is 0. The van der Waals surface area contributed by atoms with Gasteiger partial charge in [-0.15, -0.1) is 0 Å². The van der Waals surface area contributed by atoms with Crippen molar-refractivity contribution in [3.05, 3.63) is 53.1 Å². The maximum Gasteiger partial charge on any atom is 0.143 e. The summed E-state index contributed by atoms with van der Waals surface area (Å²) in [6, 6.07) is 8.58. The van der Waals surface area contributed by atoms with Crippen molar-refractivity contribution in [1.29, 1.82) is 0 Å². The Kier molecular flexibility index (Phi) is 3.54. The predicted octanol–water partition coefficient (Wildman–Crippen LogP) is 4.35. The minimum Gasteiger partial charge on any atom is -0.398 e. The molecular formula is C12H8ClF2NS. The van der Waals surface area contributed by atoms with Crippen molar-refractivity contribution in [3.8, 4) is 0 Å². The van der Waals surface area contributed by atoms with Crippen LogP contribution < -0.4 is 5.73 Å². The van der Waals surface area contributed by atoms with Crippen LogP contribution in [0.15, 0.2) is 46.2 Å². The Morgan fingerprint density at radius 2 is 1.71 bits per heavy atom. The van der Waals surface area contributed by atoms with Gasteiger partial charge in [-0.1, -0.05) is 23.4 Å². The Morgan fingerprint density at radius 3 is 2.35 bits per heavy atom. The van der Waals surface area contributed by atoms with Crippen LogP contribution in [0.5, 0.6) is 0 Å². The molecule has 0 aliphatic heterocycles. The molecule has 0 aliphatic carbocycles. The van der Waals surface area contributed by atoms with Crippen molar-refractivity contribution >= 4 is 29.1 Å². The number of anilines is 1. The van der Waals surface area contributed by atoms with Gasteiger partial charge >= 0.3 is 0 Å². The first-order valence-corrected chi connectivity index (χ1v) is 5.93. The first-order chi connectivity index (χ1) is 8.06. The smallest absolute Gasteiger partial charge is 0.143 e. The van der Waals surface area contributed by atoms with E-state index in [4.69, 9.17) is 17.3 Å². The summed E-state index contributed by atoms with van der Waals surface area (Å²) in [5.74, 6) is -0.855. The fourth-order valence-corrected chi connectivity index (χ4v) is 2.37. The van der Waals surface area contributed by atoms with Crippen LogP contribution in [0.2, 0.25) is 5.02 Å². The number of hydrogen-bond donors (Lipinski definition) is 1. The van der Waals surface area contributed by atoms with Gasteiger partial charge in [0.1, 0.15) is 11.6 Å². The standard InChI is InChI=1S/C12H8ClF2NS/c13-9-5-12(11(16)6-10(9)15)17-8-3-1-7(14)2-4-8/h1-6H,16H2. The highest BCUT2D eigenvalue weighted by Crippen LogP contribution is 2.35. The topological polar surface area (TPSA) is 26.0 Å². The van der Waals surface area contributed by atoms with E-state index < -0.39 is 5.82 Å². The second kappa shape index (κ2) is 4.94. The SMILES string of the molecule is Nc1cc(F)c(Cl)cc1Sc1ccc(F)cc1. The zero-order chi connectivity index (χ0) is 12.4. The van der Waals surface area contributed by atoms with Gasteiger partial charge in [-0.05, 0) is 36.4 Å². The number of benzene rings is 2. The molecule has 88 valence electrons. The molecule has 1 nitrogen and oxygen atoms in total. The van der Waals surface area contributed by atoms with E-state index in [1.165, 1.54) is 36.0 Å². The Morgan fingerprint density at radius 1 is 1.06 bits per heavy atom. The van der Waals surface area contributed by atoms with Crippen LogP contribution >= 0.6 is 23.4 Å². The zero-order valence-electron chi connectivity index (χ0n) is 8.58. The Hall–Kier alpha value is -1.26. The molecule has 0 unspecified atom stereocenters. The van der Waals surface area contributed by atoms with Gasteiger partial charge in [-0.25, -0.2) is 8.78 Å². The summed E-state index contributed by atoms with van der Waals surface area (Å²) < 4.78 is 25.8. The fraction of sp³-hybridized carbons (Fsp3) is 0. The maximum absolute atomic E-state index is 13.1. The van der Waals surface area contributed by atoms with Crippen molar-refractivity contribution in [2.45, 2.75) is 9.79 Å². The number of nitrogen functional groups attached to an aromatic ring is 1. The maximum atomic E-state index is 13.1. The third-order valence-electron chi connectivity index (χ3n) is 2.09. The molecule has 2 aromatic carbocycles. The summed E-state index contributed by atoms with van der Waals surface area (Å²) in [6.07, 6.45) is 0. The highest BCUT2D eigenvalue weighted by atomic mass is 35.5. The second-order valence-electron chi connectivity index (χ2n) is 3.36. The Balaban J connectivity index is 2.30. The second-order valence-corrected chi connectivity index (χ2v) is 4.88. The number of halogens is 3. The van der Waals surface area contributed by atoms with Gasteiger partial charge in [0.2, 0.25) is 0 Å². The van der Waals surface area contributed by atoms with Crippen molar-refractivity contribution in [2.24, 2.45) is 0 Å². The molecule has 2 aromatic rings. The molecule has 0 spiro atoms. The normalized spacial score (nSPS) is 10.5. The van der Waals surface area contributed by atoms with Gasteiger partial charge in [0.05, 0.1) is 5.02 Å². The molecule has 0 aromatic heterocycles. The Bertz CT molecular complexity index is 543. The first kappa shape index (κ1) is 12.2. The molecule has 0 radical (unpaired) electrons. The molecule has 17 heavy (non-hydrogen) atoms. The highest BCUT2D eigenvalue weighted by Gasteiger charge is 2.07.